The van der Waals surface area contributed by atoms with E-state index in [1.165, 1.54) is 0 Å². The van der Waals surface area contributed by atoms with Crippen LogP contribution in [0.25, 0.3) is 4.85 Å². The van der Waals surface area contributed by atoms with Crippen molar-refractivity contribution in [1.82, 2.24) is 0 Å². The van der Waals surface area contributed by atoms with Crippen molar-refractivity contribution in [2.75, 3.05) is 0 Å². The highest BCUT2D eigenvalue weighted by Gasteiger charge is 2.70. The normalized spacial score (nSPS) is 46.7. The van der Waals surface area contributed by atoms with Crippen LogP contribution in [-0.4, -0.2) is 22.6 Å². The van der Waals surface area contributed by atoms with Gasteiger partial charge >= 0.3 is 5.97 Å². The molecule has 0 bridgehead atoms. The summed E-state index contributed by atoms with van der Waals surface area (Å²) in [6.07, 6.45) is 9.03. The van der Waals surface area contributed by atoms with E-state index in [2.05, 4.69) is 39.5 Å². The number of Topliss-reactive ketones (excluding diaryl/α,β-unsaturated/α-hetero) is 1. The van der Waals surface area contributed by atoms with Crippen molar-refractivity contribution in [3.05, 3.63) is 34.8 Å². The van der Waals surface area contributed by atoms with E-state index in [9.17, 15) is 19.5 Å². The third-order valence-electron chi connectivity index (χ3n) is 12.3. The molecule has 0 aromatic rings. The largest absolute Gasteiger partial charge is 0.481 e. The summed E-state index contributed by atoms with van der Waals surface area (Å²) in [7, 11) is 0. The van der Waals surface area contributed by atoms with E-state index in [0.717, 1.165) is 31.3 Å². The third-order valence-corrected chi connectivity index (χ3v) is 12.3. The second-order valence-electron chi connectivity index (χ2n) is 14.7. The molecular weight excluding hydrogens is 450 g/mol. The average molecular weight is 492 g/mol. The molecule has 1 N–H and O–H groups in total. The monoisotopic (exact) mass is 491 g/mol. The first kappa shape index (κ1) is 25.4. The summed E-state index contributed by atoms with van der Waals surface area (Å²) in [6, 6.07) is 0. The summed E-state index contributed by atoms with van der Waals surface area (Å²) in [6.45, 7) is 22.7. The van der Waals surface area contributed by atoms with Crippen LogP contribution in [-0.2, 0) is 14.4 Å². The van der Waals surface area contributed by atoms with Crippen molar-refractivity contribution in [3.63, 3.8) is 0 Å². The second kappa shape index (κ2) is 7.21. The molecule has 0 amide bonds. The summed E-state index contributed by atoms with van der Waals surface area (Å²) in [4.78, 5) is 43.8. The minimum absolute atomic E-state index is 0.0116. The molecule has 3 fully saturated rings. The molecule has 0 saturated heterocycles. The summed E-state index contributed by atoms with van der Waals surface area (Å²) < 4.78 is 0. The Labute approximate surface area is 215 Å². The van der Waals surface area contributed by atoms with Crippen molar-refractivity contribution < 1.29 is 19.5 Å². The van der Waals surface area contributed by atoms with Crippen molar-refractivity contribution >= 4 is 17.5 Å². The van der Waals surface area contributed by atoms with Crippen molar-refractivity contribution in [2.45, 2.75) is 93.4 Å². The first-order valence-electron chi connectivity index (χ1n) is 13.7. The SMILES string of the molecule is [C-]#[N+]C1=C[C@]2(C)C3=CC(=O)C4C5CC(C)(C)CC[C@]5(C(=O)O)CC[C@@]4(C)[C@]3(C)CC[C@H]2C(C)(C)C1=O. The molecule has 194 valence electrons. The Morgan fingerprint density at radius 2 is 1.64 bits per heavy atom. The lowest BCUT2D eigenvalue weighted by Gasteiger charge is -2.68. The highest BCUT2D eigenvalue weighted by atomic mass is 16.4. The Morgan fingerprint density at radius 3 is 2.25 bits per heavy atom. The van der Waals surface area contributed by atoms with Gasteiger partial charge in [-0.15, -0.1) is 0 Å². The number of carbonyl (C=O) groups excluding carboxylic acids is 2. The number of allylic oxidation sites excluding steroid dienone is 4. The van der Waals surface area contributed by atoms with E-state index < -0.39 is 22.2 Å². The molecule has 0 aliphatic heterocycles. The van der Waals surface area contributed by atoms with Crippen LogP contribution < -0.4 is 0 Å². The van der Waals surface area contributed by atoms with Gasteiger partial charge in [0.1, 0.15) is 0 Å². The fourth-order valence-corrected chi connectivity index (χ4v) is 9.97. The quantitative estimate of drug-likeness (QED) is 0.417. The first-order valence-corrected chi connectivity index (χ1v) is 13.7. The van der Waals surface area contributed by atoms with E-state index in [1.807, 2.05) is 26.0 Å². The van der Waals surface area contributed by atoms with E-state index in [1.54, 1.807) is 0 Å². The summed E-state index contributed by atoms with van der Waals surface area (Å²) in [5, 5.41) is 10.5. The minimum Gasteiger partial charge on any atom is -0.481 e. The molecule has 7 atom stereocenters. The van der Waals surface area contributed by atoms with Crippen LogP contribution >= 0.6 is 0 Å². The van der Waals surface area contributed by atoms with Gasteiger partial charge in [0.2, 0.25) is 5.70 Å². The molecule has 3 saturated carbocycles. The van der Waals surface area contributed by atoms with Gasteiger partial charge in [0.25, 0.3) is 0 Å². The Bertz CT molecular complexity index is 1180. The molecule has 0 radical (unpaired) electrons. The van der Waals surface area contributed by atoms with Gasteiger partial charge in [-0.05, 0) is 79.1 Å². The molecule has 36 heavy (non-hydrogen) atoms. The van der Waals surface area contributed by atoms with Gasteiger partial charge in [-0.2, -0.15) is 0 Å². The zero-order valence-electron chi connectivity index (χ0n) is 23.0. The van der Waals surface area contributed by atoms with Crippen molar-refractivity contribution in [2.24, 2.45) is 50.2 Å². The molecular formula is C31H41NO4. The number of hydrogen-bond donors (Lipinski definition) is 1. The van der Waals surface area contributed by atoms with Crippen LogP contribution in [0, 0.1) is 56.8 Å². The standard InChI is InChI=1S/C31H41NO4/c1-26(2)11-13-31(25(35)36)14-12-30(7)23(18(31)16-26)20(33)15-22-28(5)17-19(32-8)24(34)27(3,4)21(28)9-10-29(22,30)6/h15,17-18,21,23H,9-14,16H2,1-7H3,(H,35,36)/t18?,21-,23?,28-,29+,30+,31-/m0/s1. The van der Waals surface area contributed by atoms with Gasteiger partial charge in [-0.1, -0.05) is 60.1 Å². The third kappa shape index (κ3) is 2.85. The topological polar surface area (TPSA) is 75.8 Å². The van der Waals surface area contributed by atoms with Crippen molar-refractivity contribution in [3.8, 4) is 0 Å². The molecule has 5 aliphatic rings. The van der Waals surface area contributed by atoms with Crippen LogP contribution in [0.1, 0.15) is 93.4 Å². The molecule has 0 spiro atoms. The fraction of sp³-hybridized carbons (Fsp3) is 0.742. The Hall–Kier alpha value is -2.22. The van der Waals surface area contributed by atoms with E-state index in [0.29, 0.717) is 19.3 Å². The van der Waals surface area contributed by atoms with Gasteiger partial charge in [0.05, 0.1) is 12.0 Å². The lowest BCUT2D eigenvalue weighted by atomic mass is 9.34. The van der Waals surface area contributed by atoms with E-state index >= 15 is 0 Å². The Morgan fingerprint density at radius 1 is 1.00 bits per heavy atom. The van der Waals surface area contributed by atoms with Crippen molar-refractivity contribution in [1.29, 1.82) is 0 Å². The highest BCUT2D eigenvalue weighted by Crippen LogP contribution is 2.74. The molecule has 5 heteroatoms. The number of carbonyl (C=O) groups is 3. The van der Waals surface area contributed by atoms with Crippen LogP contribution in [0.5, 0.6) is 0 Å². The van der Waals surface area contributed by atoms with Gasteiger partial charge in [-0.3, -0.25) is 9.59 Å². The van der Waals surface area contributed by atoms with Crippen LogP contribution in [0.15, 0.2) is 23.4 Å². The summed E-state index contributed by atoms with van der Waals surface area (Å²) in [5.74, 6) is -1.24. The number of hydrogen-bond acceptors (Lipinski definition) is 3. The maximum absolute atomic E-state index is 14.2. The van der Waals surface area contributed by atoms with Gasteiger partial charge in [0.15, 0.2) is 11.6 Å². The Kier molecular flexibility index (Phi) is 5.09. The number of ketones is 2. The second-order valence-corrected chi connectivity index (χ2v) is 14.7. The Balaban J connectivity index is 1.71. The predicted molar refractivity (Wildman–Crippen MR) is 138 cm³/mol. The molecule has 5 rings (SSSR count). The molecule has 2 unspecified atom stereocenters. The molecule has 0 heterocycles. The zero-order valence-corrected chi connectivity index (χ0v) is 23.0. The number of nitrogens with zero attached hydrogens (tertiary/aromatic N) is 1. The predicted octanol–water partition coefficient (Wildman–Crippen LogP) is 6.64. The molecule has 0 aromatic carbocycles. The maximum Gasteiger partial charge on any atom is 0.309 e. The molecule has 0 aromatic heterocycles. The van der Waals surface area contributed by atoms with E-state index in [4.69, 9.17) is 6.57 Å². The zero-order chi connectivity index (χ0) is 26.7. The number of rotatable bonds is 1. The van der Waals surface area contributed by atoms with Gasteiger partial charge in [0, 0.05) is 16.7 Å². The lowest BCUT2D eigenvalue weighted by molar-refractivity contribution is -0.188. The van der Waals surface area contributed by atoms with Crippen LogP contribution in [0.4, 0.5) is 0 Å². The first-order chi connectivity index (χ1) is 16.5. The van der Waals surface area contributed by atoms with Crippen LogP contribution in [0.3, 0.4) is 0 Å². The van der Waals surface area contributed by atoms with Gasteiger partial charge < -0.3 is 9.90 Å². The lowest BCUT2D eigenvalue weighted by Crippen LogP contribution is -2.65. The minimum atomic E-state index is -0.825. The fourth-order valence-electron chi connectivity index (χ4n) is 9.97. The summed E-state index contributed by atoms with van der Waals surface area (Å²) >= 11 is 0. The van der Waals surface area contributed by atoms with Gasteiger partial charge in [-0.25, -0.2) is 4.85 Å². The molecule has 5 aliphatic carbocycles. The number of fused-ring (bicyclic) bond motifs is 7. The maximum atomic E-state index is 14.2. The number of carboxylic acid groups (broad SMARTS) is 1. The van der Waals surface area contributed by atoms with E-state index in [-0.39, 0.29) is 51.3 Å². The number of carboxylic acids is 1. The average Bonchev–Trinajstić information content (AvgIpc) is 2.77. The summed E-state index contributed by atoms with van der Waals surface area (Å²) in [5.41, 5.74) is -1.46. The number of aliphatic carboxylic acids is 1. The van der Waals surface area contributed by atoms with Crippen LogP contribution in [0.2, 0.25) is 0 Å². The highest BCUT2D eigenvalue weighted by molar-refractivity contribution is 6.03. The smallest absolute Gasteiger partial charge is 0.309 e. The molecule has 5 nitrogen and oxygen atoms in total.